The molecular formula is C18H21N3O4. The molecule has 1 fully saturated rings. The Morgan fingerprint density at radius 1 is 1.24 bits per heavy atom. The second kappa shape index (κ2) is 6.06. The number of carbonyl (C=O) groups is 1. The van der Waals surface area contributed by atoms with Gasteiger partial charge in [0, 0.05) is 19.9 Å². The Morgan fingerprint density at radius 2 is 2.08 bits per heavy atom. The SMILES string of the molecule is Cc1nnc(CN2C[C@@](C)(Cc3ccc4c(c3)OCO4)CCC2=O)o1. The number of carbonyl (C=O) groups excluding carboxylic acids is 1. The van der Waals surface area contributed by atoms with E-state index < -0.39 is 0 Å². The Balaban J connectivity index is 1.48. The summed E-state index contributed by atoms with van der Waals surface area (Å²) in [6.07, 6.45) is 2.27. The van der Waals surface area contributed by atoms with Crippen LogP contribution in [0.3, 0.4) is 0 Å². The van der Waals surface area contributed by atoms with Crippen molar-refractivity contribution in [3.05, 3.63) is 35.5 Å². The second-order valence-corrected chi connectivity index (χ2v) is 7.14. The molecule has 1 atom stereocenters. The minimum atomic E-state index is -0.00330. The van der Waals surface area contributed by atoms with Crippen molar-refractivity contribution in [2.45, 2.75) is 39.7 Å². The lowest BCUT2D eigenvalue weighted by Gasteiger charge is -2.40. The Bertz CT molecular complexity index is 803. The highest BCUT2D eigenvalue weighted by atomic mass is 16.7. The van der Waals surface area contributed by atoms with Crippen LogP contribution in [0.2, 0.25) is 0 Å². The number of benzene rings is 1. The third kappa shape index (κ3) is 3.31. The first-order valence-electron chi connectivity index (χ1n) is 8.46. The zero-order valence-electron chi connectivity index (χ0n) is 14.4. The van der Waals surface area contributed by atoms with Crippen LogP contribution in [0.15, 0.2) is 22.6 Å². The van der Waals surface area contributed by atoms with E-state index in [0.717, 1.165) is 24.3 Å². The molecule has 1 aromatic heterocycles. The lowest BCUT2D eigenvalue weighted by atomic mass is 9.76. The predicted molar refractivity (Wildman–Crippen MR) is 88.1 cm³/mol. The van der Waals surface area contributed by atoms with Crippen molar-refractivity contribution >= 4 is 5.91 Å². The van der Waals surface area contributed by atoms with Crippen LogP contribution in [0.4, 0.5) is 0 Å². The van der Waals surface area contributed by atoms with Gasteiger partial charge in [-0.05, 0) is 36.0 Å². The first kappa shape index (κ1) is 15.9. The summed E-state index contributed by atoms with van der Waals surface area (Å²) in [5.74, 6) is 2.73. The monoisotopic (exact) mass is 343 g/mol. The number of hydrogen-bond donors (Lipinski definition) is 0. The van der Waals surface area contributed by atoms with Crippen LogP contribution in [-0.4, -0.2) is 34.3 Å². The van der Waals surface area contributed by atoms with Crippen LogP contribution in [0, 0.1) is 12.3 Å². The highest BCUT2D eigenvalue weighted by Crippen LogP contribution is 2.38. The van der Waals surface area contributed by atoms with Gasteiger partial charge in [0.05, 0.1) is 6.54 Å². The molecule has 0 aliphatic carbocycles. The van der Waals surface area contributed by atoms with Crippen molar-refractivity contribution in [1.82, 2.24) is 15.1 Å². The molecular weight excluding hydrogens is 322 g/mol. The minimum Gasteiger partial charge on any atom is -0.454 e. The van der Waals surface area contributed by atoms with Gasteiger partial charge in [-0.15, -0.1) is 10.2 Å². The number of hydrogen-bond acceptors (Lipinski definition) is 6. The van der Waals surface area contributed by atoms with Gasteiger partial charge in [0.2, 0.25) is 24.5 Å². The fraction of sp³-hybridized carbons (Fsp3) is 0.500. The Kier molecular flexibility index (Phi) is 3.86. The fourth-order valence-electron chi connectivity index (χ4n) is 3.59. The zero-order valence-corrected chi connectivity index (χ0v) is 14.4. The van der Waals surface area contributed by atoms with Crippen LogP contribution < -0.4 is 9.47 Å². The molecule has 0 N–H and O–H groups in total. The third-order valence-electron chi connectivity index (χ3n) is 4.83. The average molecular weight is 343 g/mol. The smallest absolute Gasteiger partial charge is 0.235 e. The normalized spacial score (nSPS) is 22.5. The molecule has 2 aliphatic heterocycles. The van der Waals surface area contributed by atoms with Crippen molar-refractivity contribution in [1.29, 1.82) is 0 Å². The first-order chi connectivity index (χ1) is 12.0. The highest BCUT2D eigenvalue weighted by molar-refractivity contribution is 5.77. The third-order valence-corrected chi connectivity index (χ3v) is 4.83. The zero-order chi connectivity index (χ0) is 17.4. The molecule has 0 spiro atoms. The molecule has 2 aliphatic rings. The van der Waals surface area contributed by atoms with Crippen LogP contribution >= 0.6 is 0 Å². The van der Waals surface area contributed by atoms with E-state index in [0.29, 0.717) is 31.3 Å². The molecule has 2 aromatic rings. The van der Waals surface area contributed by atoms with Crippen molar-refractivity contribution < 1.29 is 18.7 Å². The van der Waals surface area contributed by atoms with Crippen LogP contribution in [-0.2, 0) is 17.8 Å². The molecule has 0 bridgehead atoms. The van der Waals surface area contributed by atoms with Crippen molar-refractivity contribution in [2.24, 2.45) is 5.41 Å². The van der Waals surface area contributed by atoms with Crippen molar-refractivity contribution in [3.8, 4) is 11.5 Å². The molecule has 4 rings (SSSR count). The quantitative estimate of drug-likeness (QED) is 0.849. The summed E-state index contributed by atoms with van der Waals surface area (Å²) in [6, 6.07) is 6.06. The summed E-state index contributed by atoms with van der Waals surface area (Å²) in [4.78, 5) is 14.1. The fourth-order valence-corrected chi connectivity index (χ4v) is 3.59. The standard InChI is InChI=1S/C18H21N3O4/c1-12-19-20-16(25-12)9-21-10-18(2,6-5-17(21)22)8-13-3-4-14-15(7-13)24-11-23-14/h3-4,7H,5-6,8-11H2,1-2H3/t18-/m1/s1. The molecule has 0 radical (unpaired) electrons. The number of rotatable bonds is 4. The molecule has 25 heavy (non-hydrogen) atoms. The molecule has 132 valence electrons. The van der Waals surface area contributed by atoms with Crippen molar-refractivity contribution in [3.63, 3.8) is 0 Å². The van der Waals surface area contributed by atoms with E-state index in [1.165, 1.54) is 5.56 Å². The first-order valence-corrected chi connectivity index (χ1v) is 8.46. The van der Waals surface area contributed by atoms with Gasteiger partial charge in [-0.1, -0.05) is 13.0 Å². The van der Waals surface area contributed by atoms with E-state index in [2.05, 4.69) is 23.2 Å². The van der Waals surface area contributed by atoms with Gasteiger partial charge in [-0.2, -0.15) is 0 Å². The van der Waals surface area contributed by atoms with E-state index >= 15 is 0 Å². The molecule has 1 amide bonds. The highest BCUT2D eigenvalue weighted by Gasteiger charge is 2.36. The van der Waals surface area contributed by atoms with E-state index in [4.69, 9.17) is 13.9 Å². The van der Waals surface area contributed by atoms with Crippen LogP contribution in [0.1, 0.15) is 37.1 Å². The summed E-state index contributed by atoms with van der Waals surface area (Å²) in [7, 11) is 0. The predicted octanol–water partition coefficient (Wildman–Crippen LogP) is 2.48. The Morgan fingerprint density at radius 3 is 2.88 bits per heavy atom. The molecule has 7 nitrogen and oxygen atoms in total. The van der Waals surface area contributed by atoms with Crippen LogP contribution in [0.5, 0.6) is 11.5 Å². The van der Waals surface area contributed by atoms with Gasteiger partial charge < -0.3 is 18.8 Å². The number of likely N-dealkylation sites (tertiary alicyclic amines) is 1. The number of fused-ring (bicyclic) bond motifs is 1. The second-order valence-electron chi connectivity index (χ2n) is 7.14. The average Bonchev–Trinajstić information content (AvgIpc) is 3.19. The molecule has 1 aromatic carbocycles. The molecule has 1 saturated heterocycles. The lowest BCUT2D eigenvalue weighted by molar-refractivity contribution is -0.138. The number of amides is 1. The van der Waals surface area contributed by atoms with E-state index in [1.807, 2.05) is 17.0 Å². The van der Waals surface area contributed by atoms with Gasteiger partial charge in [0.15, 0.2) is 11.5 Å². The maximum Gasteiger partial charge on any atom is 0.235 e. The molecule has 7 heteroatoms. The summed E-state index contributed by atoms with van der Waals surface area (Å²) >= 11 is 0. The maximum absolute atomic E-state index is 12.3. The minimum absolute atomic E-state index is 0.00330. The van der Waals surface area contributed by atoms with E-state index in [1.54, 1.807) is 6.92 Å². The van der Waals surface area contributed by atoms with Gasteiger partial charge in [0.1, 0.15) is 0 Å². The molecule has 0 saturated carbocycles. The maximum atomic E-state index is 12.3. The number of ether oxygens (including phenoxy) is 2. The topological polar surface area (TPSA) is 77.7 Å². The van der Waals surface area contributed by atoms with Gasteiger partial charge in [-0.25, -0.2) is 0 Å². The summed E-state index contributed by atoms with van der Waals surface area (Å²) in [5, 5.41) is 7.84. The van der Waals surface area contributed by atoms with Gasteiger partial charge >= 0.3 is 0 Å². The molecule has 3 heterocycles. The summed E-state index contributed by atoms with van der Waals surface area (Å²) in [6.45, 7) is 5.29. The number of piperidine rings is 1. The summed E-state index contributed by atoms with van der Waals surface area (Å²) < 4.78 is 16.3. The van der Waals surface area contributed by atoms with Crippen molar-refractivity contribution in [2.75, 3.05) is 13.3 Å². The van der Waals surface area contributed by atoms with Crippen LogP contribution in [0.25, 0.3) is 0 Å². The Labute approximate surface area is 145 Å². The Hall–Kier alpha value is -2.57. The largest absolute Gasteiger partial charge is 0.454 e. The van der Waals surface area contributed by atoms with E-state index in [9.17, 15) is 4.79 Å². The number of aromatic nitrogens is 2. The number of aryl methyl sites for hydroxylation is 1. The molecule has 0 unspecified atom stereocenters. The van der Waals surface area contributed by atoms with Gasteiger partial charge in [0.25, 0.3) is 0 Å². The summed E-state index contributed by atoms with van der Waals surface area (Å²) in [5.41, 5.74) is 1.19. The van der Waals surface area contributed by atoms with Gasteiger partial charge in [-0.3, -0.25) is 4.79 Å². The number of nitrogens with zero attached hydrogens (tertiary/aromatic N) is 3. The van der Waals surface area contributed by atoms with E-state index in [-0.39, 0.29) is 18.1 Å². The lowest BCUT2D eigenvalue weighted by Crippen LogP contribution is -2.45.